The van der Waals surface area contributed by atoms with Crippen molar-refractivity contribution in [1.82, 2.24) is 9.88 Å². The van der Waals surface area contributed by atoms with Crippen molar-refractivity contribution in [1.29, 1.82) is 0 Å². The van der Waals surface area contributed by atoms with Gasteiger partial charge < -0.3 is 14.9 Å². The number of carbonyl (C=O) groups is 1. The maximum atomic E-state index is 11.8. The molecule has 3 heterocycles. The van der Waals surface area contributed by atoms with E-state index < -0.39 is 0 Å². The van der Waals surface area contributed by atoms with Gasteiger partial charge in [0.2, 0.25) is 5.91 Å². The molecule has 1 aromatic rings. The predicted octanol–water partition coefficient (Wildman–Crippen LogP) is 1.41. The van der Waals surface area contributed by atoms with Gasteiger partial charge in [-0.05, 0) is 37.3 Å². The van der Waals surface area contributed by atoms with E-state index in [1.54, 1.807) is 6.20 Å². The van der Waals surface area contributed by atoms with Crippen LogP contribution in [-0.2, 0) is 11.4 Å². The summed E-state index contributed by atoms with van der Waals surface area (Å²) in [6, 6.07) is 3.96. The number of likely N-dealkylation sites (tertiary alicyclic amines) is 1. The number of hydrogen-bond donors (Lipinski definition) is 1. The number of hydrogen-bond acceptors (Lipinski definition) is 4. The molecule has 0 spiro atoms. The van der Waals surface area contributed by atoms with Gasteiger partial charge in [0.1, 0.15) is 0 Å². The number of amides is 1. The van der Waals surface area contributed by atoms with E-state index in [9.17, 15) is 9.90 Å². The molecular weight excluding hydrogens is 266 g/mol. The van der Waals surface area contributed by atoms with Crippen LogP contribution < -0.4 is 4.90 Å². The van der Waals surface area contributed by atoms with Crippen LogP contribution in [0, 0.1) is 5.92 Å². The molecule has 1 aromatic heterocycles. The molecule has 5 heteroatoms. The number of rotatable bonds is 4. The second-order valence-electron chi connectivity index (χ2n) is 6.06. The number of pyridine rings is 1. The molecule has 0 bridgehead atoms. The fourth-order valence-electron chi connectivity index (χ4n) is 3.41. The van der Waals surface area contributed by atoms with E-state index in [0.29, 0.717) is 17.5 Å². The minimum Gasteiger partial charge on any atom is -0.390 e. The second-order valence-corrected chi connectivity index (χ2v) is 6.06. The van der Waals surface area contributed by atoms with Gasteiger partial charge in [-0.25, -0.2) is 0 Å². The number of anilines is 1. The first kappa shape index (κ1) is 14.3. The first-order chi connectivity index (χ1) is 10.3. The standard InChI is InChI=1S/C16H23N3O2/c20-12-14-9-15(5-6-17-14)18-7-1-3-13(10-18)11-19-8-2-4-16(19)21/h5-6,9,13,20H,1-4,7-8,10-12H2/t13-/m1/s1. The highest BCUT2D eigenvalue weighted by atomic mass is 16.3. The van der Waals surface area contributed by atoms with Gasteiger partial charge in [-0.2, -0.15) is 0 Å². The van der Waals surface area contributed by atoms with Gasteiger partial charge in [0, 0.05) is 44.5 Å². The Labute approximate surface area is 125 Å². The van der Waals surface area contributed by atoms with E-state index in [1.165, 1.54) is 6.42 Å². The normalized spacial score (nSPS) is 22.9. The maximum Gasteiger partial charge on any atom is 0.222 e. The van der Waals surface area contributed by atoms with Crippen LogP contribution >= 0.6 is 0 Å². The van der Waals surface area contributed by atoms with Crippen LogP contribution in [0.2, 0.25) is 0 Å². The smallest absolute Gasteiger partial charge is 0.222 e. The molecule has 2 saturated heterocycles. The molecule has 2 aliphatic heterocycles. The summed E-state index contributed by atoms with van der Waals surface area (Å²) in [6.07, 6.45) is 5.84. The molecule has 1 N–H and O–H groups in total. The van der Waals surface area contributed by atoms with Crippen LogP contribution in [0.4, 0.5) is 5.69 Å². The molecule has 21 heavy (non-hydrogen) atoms. The maximum absolute atomic E-state index is 11.8. The van der Waals surface area contributed by atoms with Gasteiger partial charge in [-0.1, -0.05) is 0 Å². The number of aliphatic hydroxyl groups excluding tert-OH is 1. The van der Waals surface area contributed by atoms with Crippen molar-refractivity contribution >= 4 is 11.6 Å². The predicted molar refractivity (Wildman–Crippen MR) is 80.9 cm³/mol. The lowest BCUT2D eigenvalue weighted by Crippen LogP contribution is -2.41. The summed E-state index contributed by atoms with van der Waals surface area (Å²) in [5.41, 5.74) is 1.84. The van der Waals surface area contributed by atoms with Crippen LogP contribution in [0.25, 0.3) is 0 Å². The number of carbonyl (C=O) groups excluding carboxylic acids is 1. The molecule has 5 nitrogen and oxygen atoms in total. The molecular formula is C16H23N3O2. The SMILES string of the molecule is O=C1CCCN1C[C@@H]1CCCN(c2ccnc(CO)c2)C1. The third-order valence-electron chi connectivity index (χ3n) is 4.50. The third-order valence-corrected chi connectivity index (χ3v) is 4.50. The molecule has 1 amide bonds. The van der Waals surface area contributed by atoms with Gasteiger partial charge in [-0.15, -0.1) is 0 Å². The average Bonchev–Trinajstić information content (AvgIpc) is 2.93. The van der Waals surface area contributed by atoms with Crippen molar-refractivity contribution in [2.24, 2.45) is 5.92 Å². The molecule has 114 valence electrons. The Hall–Kier alpha value is -1.62. The highest BCUT2D eigenvalue weighted by Gasteiger charge is 2.26. The van der Waals surface area contributed by atoms with Gasteiger partial charge in [0.25, 0.3) is 0 Å². The Morgan fingerprint density at radius 1 is 1.33 bits per heavy atom. The van der Waals surface area contributed by atoms with E-state index >= 15 is 0 Å². The van der Waals surface area contributed by atoms with Crippen LogP contribution in [0.5, 0.6) is 0 Å². The Morgan fingerprint density at radius 2 is 2.24 bits per heavy atom. The molecule has 0 radical (unpaired) electrons. The number of aromatic nitrogens is 1. The summed E-state index contributed by atoms with van der Waals surface area (Å²) in [5, 5.41) is 9.21. The Kier molecular flexibility index (Phi) is 4.39. The lowest BCUT2D eigenvalue weighted by molar-refractivity contribution is -0.128. The van der Waals surface area contributed by atoms with E-state index in [2.05, 4.69) is 9.88 Å². The second kappa shape index (κ2) is 6.43. The Balaban J connectivity index is 1.63. The summed E-state index contributed by atoms with van der Waals surface area (Å²) in [7, 11) is 0. The summed E-state index contributed by atoms with van der Waals surface area (Å²) in [4.78, 5) is 20.3. The first-order valence-corrected chi connectivity index (χ1v) is 7.85. The van der Waals surface area contributed by atoms with Crippen molar-refractivity contribution in [2.45, 2.75) is 32.3 Å². The Morgan fingerprint density at radius 3 is 3.00 bits per heavy atom. The van der Waals surface area contributed by atoms with Crippen molar-refractivity contribution in [3.05, 3.63) is 24.0 Å². The monoisotopic (exact) mass is 289 g/mol. The molecule has 2 fully saturated rings. The van der Waals surface area contributed by atoms with E-state index in [1.807, 2.05) is 17.0 Å². The highest BCUT2D eigenvalue weighted by molar-refractivity contribution is 5.78. The number of piperidine rings is 1. The summed E-state index contributed by atoms with van der Waals surface area (Å²) >= 11 is 0. The molecule has 0 aliphatic carbocycles. The van der Waals surface area contributed by atoms with E-state index in [-0.39, 0.29) is 6.61 Å². The molecule has 2 aliphatic rings. The highest BCUT2D eigenvalue weighted by Crippen LogP contribution is 2.25. The summed E-state index contributed by atoms with van der Waals surface area (Å²) in [5.74, 6) is 0.866. The average molecular weight is 289 g/mol. The van der Waals surface area contributed by atoms with Gasteiger partial charge in [0.15, 0.2) is 0 Å². The van der Waals surface area contributed by atoms with Gasteiger partial charge >= 0.3 is 0 Å². The van der Waals surface area contributed by atoms with Crippen molar-refractivity contribution in [3.8, 4) is 0 Å². The zero-order chi connectivity index (χ0) is 14.7. The topological polar surface area (TPSA) is 56.7 Å². The van der Waals surface area contributed by atoms with Crippen LogP contribution in [0.1, 0.15) is 31.4 Å². The molecule has 0 unspecified atom stereocenters. The summed E-state index contributed by atoms with van der Waals surface area (Å²) in [6.45, 7) is 3.83. The van der Waals surface area contributed by atoms with E-state index in [4.69, 9.17) is 0 Å². The number of nitrogens with zero attached hydrogens (tertiary/aromatic N) is 3. The largest absolute Gasteiger partial charge is 0.390 e. The molecule has 0 aromatic carbocycles. The van der Waals surface area contributed by atoms with Crippen LogP contribution in [0.3, 0.4) is 0 Å². The fourth-order valence-corrected chi connectivity index (χ4v) is 3.41. The lowest BCUT2D eigenvalue weighted by atomic mass is 9.97. The molecule has 0 saturated carbocycles. The van der Waals surface area contributed by atoms with Crippen LogP contribution in [-0.4, -0.2) is 47.1 Å². The zero-order valence-corrected chi connectivity index (χ0v) is 12.4. The fraction of sp³-hybridized carbons (Fsp3) is 0.625. The zero-order valence-electron chi connectivity index (χ0n) is 12.4. The van der Waals surface area contributed by atoms with Crippen molar-refractivity contribution in [3.63, 3.8) is 0 Å². The van der Waals surface area contributed by atoms with Crippen LogP contribution in [0.15, 0.2) is 18.3 Å². The number of aliphatic hydroxyl groups is 1. The quantitative estimate of drug-likeness (QED) is 0.910. The molecule has 3 rings (SSSR count). The van der Waals surface area contributed by atoms with Crippen molar-refractivity contribution < 1.29 is 9.90 Å². The van der Waals surface area contributed by atoms with Crippen molar-refractivity contribution in [2.75, 3.05) is 31.1 Å². The minimum absolute atomic E-state index is 0.0204. The summed E-state index contributed by atoms with van der Waals surface area (Å²) < 4.78 is 0. The molecule has 1 atom stereocenters. The minimum atomic E-state index is -0.0204. The van der Waals surface area contributed by atoms with E-state index in [0.717, 1.165) is 51.1 Å². The van der Waals surface area contributed by atoms with Gasteiger partial charge in [-0.3, -0.25) is 9.78 Å². The first-order valence-electron chi connectivity index (χ1n) is 7.85. The lowest BCUT2D eigenvalue weighted by Gasteiger charge is -2.36. The Bertz CT molecular complexity index is 506. The third kappa shape index (κ3) is 3.35. The van der Waals surface area contributed by atoms with Gasteiger partial charge in [0.05, 0.1) is 12.3 Å².